The molecule has 1 aliphatic rings. The molecule has 1 unspecified atom stereocenters. The fourth-order valence-electron chi connectivity index (χ4n) is 3.13. The molecule has 0 bridgehead atoms. The zero-order valence-electron chi connectivity index (χ0n) is 16.8. The van der Waals surface area contributed by atoms with Gasteiger partial charge < -0.3 is 10.1 Å². The van der Waals surface area contributed by atoms with Crippen molar-refractivity contribution >= 4 is 45.0 Å². The number of rotatable bonds is 7. The van der Waals surface area contributed by atoms with Crippen molar-refractivity contribution < 1.29 is 22.7 Å². The first kappa shape index (κ1) is 22.2. The number of carbonyl (C=O) groups excluding carboxylic acids is 2. The Morgan fingerprint density at radius 2 is 1.97 bits per heavy atom. The Hall–Kier alpha value is -2.52. The number of ether oxygens (including phenoxy) is 1. The molecule has 1 aliphatic heterocycles. The Kier molecular flexibility index (Phi) is 7.04. The molecule has 3 rings (SSSR count). The van der Waals surface area contributed by atoms with Gasteiger partial charge in [-0.25, -0.2) is 8.42 Å². The molecule has 2 aromatic rings. The van der Waals surface area contributed by atoms with Gasteiger partial charge in [0, 0.05) is 23.1 Å². The van der Waals surface area contributed by atoms with E-state index in [0.717, 1.165) is 4.90 Å². The fourth-order valence-corrected chi connectivity index (χ4v) is 5.67. The van der Waals surface area contributed by atoms with E-state index in [9.17, 15) is 18.0 Å². The minimum absolute atomic E-state index is 0.0458. The van der Waals surface area contributed by atoms with Gasteiger partial charge in [-0.15, -0.1) is 11.8 Å². The van der Waals surface area contributed by atoms with Crippen LogP contribution in [-0.2, 0) is 24.3 Å². The molecule has 7 nitrogen and oxygen atoms in total. The Labute approximate surface area is 180 Å². The van der Waals surface area contributed by atoms with E-state index in [-0.39, 0.29) is 35.6 Å². The maximum Gasteiger partial charge on any atom is 0.307 e. The average molecular weight is 449 g/mol. The SMILES string of the molecule is CCOC(=O)CCN(c1ccccc1)S(=O)(=O)c1ccc2c(c1)NC(=O)CC(C)S2. The van der Waals surface area contributed by atoms with Gasteiger partial charge in [-0.3, -0.25) is 13.9 Å². The van der Waals surface area contributed by atoms with Crippen molar-refractivity contribution in [3.63, 3.8) is 0 Å². The number of fused-ring (bicyclic) bond motifs is 1. The normalized spacial score (nSPS) is 16.2. The lowest BCUT2D eigenvalue weighted by molar-refractivity contribution is -0.142. The third-order valence-corrected chi connectivity index (χ3v) is 7.48. The lowest BCUT2D eigenvalue weighted by atomic mass is 10.3. The zero-order valence-corrected chi connectivity index (χ0v) is 18.5. The number of carbonyl (C=O) groups is 2. The third-order valence-electron chi connectivity index (χ3n) is 4.48. The molecule has 0 aliphatic carbocycles. The van der Waals surface area contributed by atoms with E-state index in [1.165, 1.54) is 28.2 Å². The highest BCUT2D eigenvalue weighted by molar-refractivity contribution is 8.00. The van der Waals surface area contributed by atoms with Gasteiger partial charge >= 0.3 is 5.97 Å². The largest absolute Gasteiger partial charge is 0.466 e. The topological polar surface area (TPSA) is 92.8 Å². The number of amides is 1. The van der Waals surface area contributed by atoms with Gasteiger partial charge in [0.15, 0.2) is 0 Å². The number of benzene rings is 2. The van der Waals surface area contributed by atoms with Crippen LogP contribution in [0.5, 0.6) is 0 Å². The van der Waals surface area contributed by atoms with E-state index in [4.69, 9.17) is 4.74 Å². The van der Waals surface area contributed by atoms with E-state index < -0.39 is 16.0 Å². The van der Waals surface area contributed by atoms with E-state index >= 15 is 0 Å². The van der Waals surface area contributed by atoms with Crippen LogP contribution in [0.25, 0.3) is 0 Å². The monoisotopic (exact) mass is 448 g/mol. The summed E-state index contributed by atoms with van der Waals surface area (Å²) in [5, 5.41) is 2.89. The molecule has 1 amide bonds. The quantitative estimate of drug-likeness (QED) is 0.650. The molecular weight excluding hydrogens is 424 g/mol. The molecule has 0 fully saturated rings. The first-order valence-electron chi connectivity index (χ1n) is 9.65. The first-order chi connectivity index (χ1) is 14.3. The Balaban J connectivity index is 1.96. The predicted molar refractivity (Wildman–Crippen MR) is 117 cm³/mol. The van der Waals surface area contributed by atoms with Gasteiger partial charge in [-0.1, -0.05) is 25.1 Å². The molecular formula is C21H24N2O5S2. The molecule has 1 N–H and O–H groups in total. The summed E-state index contributed by atoms with van der Waals surface area (Å²) in [6.07, 6.45) is 0.286. The second-order valence-corrected chi connectivity index (χ2v) is 10.1. The number of para-hydroxylation sites is 1. The van der Waals surface area contributed by atoms with Crippen LogP contribution in [0.15, 0.2) is 58.3 Å². The highest BCUT2D eigenvalue weighted by Gasteiger charge is 2.28. The first-order valence-corrected chi connectivity index (χ1v) is 12.0. The van der Waals surface area contributed by atoms with Gasteiger partial charge in [-0.05, 0) is 37.3 Å². The smallest absolute Gasteiger partial charge is 0.307 e. The minimum atomic E-state index is -3.98. The van der Waals surface area contributed by atoms with Crippen LogP contribution in [0.1, 0.15) is 26.7 Å². The predicted octanol–water partition coefficient (Wildman–Crippen LogP) is 3.66. The highest BCUT2D eigenvalue weighted by atomic mass is 32.2. The molecule has 0 saturated heterocycles. The number of anilines is 2. The molecule has 0 aromatic heterocycles. The maximum atomic E-state index is 13.5. The number of esters is 1. The van der Waals surface area contributed by atoms with Crippen molar-refractivity contribution in [3.8, 4) is 0 Å². The third kappa shape index (κ3) is 5.14. The van der Waals surface area contributed by atoms with Gasteiger partial charge in [0.1, 0.15) is 0 Å². The van der Waals surface area contributed by atoms with Gasteiger partial charge in [0.05, 0.1) is 29.3 Å². The average Bonchev–Trinajstić information content (AvgIpc) is 2.84. The van der Waals surface area contributed by atoms with Gasteiger partial charge in [0.2, 0.25) is 5.91 Å². The summed E-state index contributed by atoms with van der Waals surface area (Å²) in [7, 11) is -3.98. The highest BCUT2D eigenvalue weighted by Crippen LogP contribution is 2.37. The summed E-state index contributed by atoms with van der Waals surface area (Å²) >= 11 is 1.53. The van der Waals surface area contributed by atoms with Crippen LogP contribution in [-0.4, -0.2) is 38.7 Å². The summed E-state index contributed by atoms with van der Waals surface area (Å²) in [6.45, 7) is 3.83. The van der Waals surface area contributed by atoms with Gasteiger partial charge in [-0.2, -0.15) is 0 Å². The van der Waals surface area contributed by atoms with Crippen molar-refractivity contribution in [2.45, 2.75) is 41.7 Å². The lowest BCUT2D eigenvalue weighted by Crippen LogP contribution is -2.33. The van der Waals surface area contributed by atoms with Gasteiger partial charge in [0.25, 0.3) is 10.0 Å². The van der Waals surface area contributed by atoms with Crippen molar-refractivity contribution in [2.24, 2.45) is 0 Å². The Bertz CT molecular complexity index is 1020. The second kappa shape index (κ2) is 9.53. The molecule has 30 heavy (non-hydrogen) atoms. The lowest BCUT2D eigenvalue weighted by Gasteiger charge is -2.24. The number of hydrogen-bond donors (Lipinski definition) is 1. The molecule has 0 radical (unpaired) electrons. The van der Waals surface area contributed by atoms with Crippen LogP contribution in [0.3, 0.4) is 0 Å². The van der Waals surface area contributed by atoms with Crippen molar-refractivity contribution in [2.75, 3.05) is 22.8 Å². The molecule has 9 heteroatoms. The number of hydrogen-bond acceptors (Lipinski definition) is 6. The molecule has 160 valence electrons. The minimum Gasteiger partial charge on any atom is -0.466 e. The summed E-state index contributed by atoms with van der Waals surface area (Å²) in [6, 6.07) is 13.3. The Morgan fingerprint density at radius 3 is 2.67 bits per heavy atom. The van der Waals surface area contributed by atoms with Crippen LogP contribution in [0, 0.1) is 0 Å². The summed E-state index contributed by atoms with van der Waals surface area (Å²) in [5.74, 6) is -0.612. The zero-order chi connectivity index (χ0) is 21.7. The number of nitrogens with zero attached hydrogens (tertiary/aromatic N) is 1. The second-order valence-electron chi connectivity index (χ2n) is 6.81. The fraction of sp³-hybridized carbons (Fsp3) is 0.333. The summed E-state index contributed by atoms with van der Waals surface area (Å²) in [5.41, 5.74) is 0.928. The number of nitrogens with one attached hydrogen (secondary N) is 1. The van der Waals surface area contributed by atoms with Crippen molar-refractivity contribution in [1.29, 1.82) is 0 Å². The number of thioether (sulfide) groups is 1. The number of sulfonamides is 1. The standard InChI is InChI=1S/C21H24N2O5S2/c1-3-28-21(25)11-12-23(16-7-5-4-6-8-16)30(26,27)17-9-10-19-18(14-17)22-20(24)13-15(2)29-19/h4-10,14-15H,3,11-13H2,1-2H3,(H,22,24). The van der Waals surface area contributed by atoms with Crippen molar-refractivity contribution in [1.82, 2.24) is 0 Å². The Morgan fingerprint density at radius 1 is 1.23 bits per heavy atom. The molecule has 0 spiro atoms. The van der Waals surface area contributed by atoms with E-state index in [1.54, 1.807) is 43.3 Å². The van der Waals surface area contributed by atoms with E-state index in [2.05, 4.69) is 5.32 Å². The molecule has 2 aromatic carbocycles. The van der Waals surface area contributed by atoms with Crippen LogP contribution in [0.2, 0.25) is 0 Å². The molecule has 0 saturated carbocycles. The van der Waals surface area contributed by atoms with E-state index in [1.807, 2.05) is 6.92 Å². The molecule has 1 heterocycles. The molecule has 1 atom stereocenters. The maximum absolute atomic E-state index is 13.5. The van der Waals surface area contributed by atoms with Crippen molar-refractivity contribution in [3.05, 3.63) is 48.5 Å². The van der Waals surface area contributed by atoms with E-state index in [0.29, 0.717) is 17.8 Å². The van der Waals surface area contributed by atoms with Crippen LogP contribution < -0.4 is 9.62 Å². The summed E-state index contributed by atoms with van der Waals surface area (Å²) in [4.78, 5) is 24.8. The van der Waals surface area contributed by atoms with Crippen LogP contribution >= 0.6 is 11.8 Å². The van der Waals surface area contributed by atoms with Crippen LogP contribution in [0.4, 0.5) is 11.4 Å². The summed E-state index contributed by atoms with van der Waals surface area (Å²) < 4.78 is 33.1.